The number of aliphatic carboxylic acids is 1. The second-order valence-corrected chi connectivity index (χ2v) is 7.10. The number of benzene rings is 1. The van der Waals surface area contributed by atoms with E-state index >= 15 is 0 Å². The minimum absolute atomic E-state index is 0.394. The van der Waals surface area contributed by atoms with Crippen LogP contribution in [0.1, 0.15) is 12.5 Å². The highest BCUT2D eigenvalue weighted by Crippen LogP contribution is 2.38. The summed E-state index contributed by atoms with van der Waals surface area (Å²) >= 11 is 1.32. The summed E-state index contributed by atoms with van der Waals surface area (Å²) in [6.45, 7) is 0.650. The van der Waals surface area contributed by atoms with Gasteiger partial charge in [-0.1, -0.05) is 30.3 Å². The molecule has 0 bridgehead atoms. The number of carbonyl (C=O) groups excluding carboxylic acids is 1. The van der Waals surface area contributed by atoms with Crippen molar-refractivity contribution in [2.24, 2.45) is 11.8 Å². The molecule has 1 aliphatic heterocycles. The van der Waals surface area contributed by atoms with Crippen LogP contribution in [0.5, 0.6) is 0 Å². The molecule has 1 fully saturated rings. The molecule has 1 saturated heterocycles. The fraction of sp³-hybridized carbons (Fsp3) is 0.500. The lowest BCUT2D eigenvalue weighted by molar-refractivity contribution is -0.188. The Bertz CT molecular complexity index is 594. The van der Waals surface area contributed by atoms with E-state index in [1.165, 1.54) is 11.8 Å². The molecule has 2 rings (SSSR count). The van der Waals surface area contributed by atoms with Gasteiger partial charge in [-0.25, -0.2) is 0 Å². The summed E-state index contributed by atoms with van der Waals surface area (Å²) in [5, 5.41) is 8.46. The summed E-state index contributed by atoms with van der Waals surface area (Å²) in [6, 6.07) is 9.42. The van der Waals surface area contributed by atoms with Crippen LogP contribution >= 0.6 is 11.8 Å². The monoisotopic (exact) mass is 361 g/mol. The number of carboxylic acids is 1. The van der Waals surface area contributed by atoms with Crippen LogP contribution in [0.3, 0.4) is 0 Å². The molecular weight excluding hydrogens is 343 g/mol. The molecule has 1 N–H and O–H groups in total. The number of alkyl halides is 3. The number of carbonyl (C=O) groups is 2. The van der Waals surface area contributed by atoms with Gasteiger partial charge >= 0.3 is 12.1 Å². The fourth-order valence-corrected chi connectivity index (χ4v) is 3.62. The molecule has 4 nitrogen and oxygen atoms in total. The summed E-state index contributed by atoms with van der Waals surface area (Å²) < 4.78 is 38.9. The maximum Gasteiger partial charge on any atom is 0.394 e. The number of hydrogen-bond acceptors (Lipinski definition) is 3. The molecule has 0 radical (unpaired) electrons. The summed E-state index contributed by atoms with van der Waals surface area (Å²) in [7, 11) is 0. The van der Waals surface area contributed by atoms with E-state index in [1.807, 2.05) is 30.3 Å². The quantitative estimate of drug-likeness (QED) is 0.876. The molecule has 1 amide bonds. The number of thioether (sulfide) groups is 1. The predicted molar refractivity (Wildman–Crippen MR) is 84.4 cm³/mol. The average molecular weight is 361 g/mol. The van der Waals surface area contributed by atoms with Gasteiger partial charge < -0.3 is 10.0 Å². The van der Waals surface area contributed by atoms with Crippen LogP contribution in [0.25, 0.3) is 0 Å². The van der Waals surface area contributed by atoms with E-state index in [-0.39, 0.29) is 0 Å². The third-order valence-corrected chi connectivity index (χ3v) is 5.26. The third kappa shape index (κ3) is 4.43. The molecular formula is C16H18F3NO3S. The number of rotatable bonds is 5. The Morgan fingerprint density at radius 2 is 1.92 bits per heavy atom. The molecule has 132 valence electrons. The number of amides is 1. The van der Waals surface area contributed by atoms with Gasteiger partial charge in [0, 0.05) is 18.8 Å². The first kappa shape index (κ1) is 18.6. The first-order chi connectivity index (χ1) is 11.2. The van der Waals surface area contributed by atoms with E-state index in [1.54, 1.807) is 6.92 Å². The fourth-order valence-electron chi connectivity index (χ4n) is 2.69. The van der Waals surface area contributed by atoms with E-state index in [2.05, 4.69) is 0 Å². The van der Waals surface area contributed by atoms with Crippen molar-refractivity contribution in [1.82, 2.24) is 4.90 Å². The minimum Gasteiger partial charge on any atom is -0.481 e. The minimum atomic E-state index is -4.63. The molecule has 8 heteroatoms. The first-order valence-corrected chi connectivity index (χ1v) is 8.49. The molecule has 0 aromatic heterocycles. The highest BCUT2D eigenvalue weighted by atomic mass is 32.2. The van der Waals surface area contributed by atoms with Gasteiger partial charge in [0.2, 0.25) is 5.91 Å². The van der Waals surface area contributed by atoms with Crippen molar-refractivity contribution < 1.29 is 27.9 Å². The average Bonchev–Trinajstić information content (AvgIpc) is 2.98. The van der Waals surface area contributed by atoms with Gasteiger partial charge in [0.25, 0.3) is 0 Å². The van der Waals surface area contributed by atoms with E-state index in [9.17, 15) is 22.8 Å². The maximum absolute atomic E-state index is 13.0. The lowest BCUT2D eigenvalue weighted by Gasteiger charge is -2.21. The lowest BCUT2D eigenvalue weighted by atomic mass is 9.96. The summed E-state index contributed by atoms with van der Waals surface area (Å²) in [6.07, 6.45) is -4.63. The number of likely N-dealkylation sites (tertiary alicyclic amines) is 1. The predicted octanol–water partition coefficient (Wildman–Crippen LogP) is 3.03. The van der Waals surface area contributed by atoms with Gasteiger partial charge in [-0.05, 0) is 12.5 Å². The Morgan fingerprint density at radius 3 is 2.42 bits per heavy atom. The molecule has 1 aromatic carbocycles. The normalized spacial score (nSPS) is 22.4. The highest BCUT2D eigenvalue weighted by Gasteiger charge is 2.53. The molecule has 0 aliphatic carbocycles. The Hall–Kier alpha value is -1.70. The summed E-state index contributed by atoms with van der Waals surface area (Å²) in [5.41, 5.74) is 1.01. The lowest BCUT2D eigenvalue weighted by Crippen LogP contribution is -2.36. The van der Waals surface area contributed by atoms with Crippen molar-refractivity contribution in [2.45, 2.75) is 24.1 Å². The van der Waals surface area contributed by atoms with E-state index in [4.69, 9.17) is 5.11 Å². The van der Waals surface area contributed by atoms with Crippen LogP contribution in [-0.2, 0) is 15.3 Å². The maximum atomic E-state index is 13.0. The van der Waals surface area contributed by atoms with Crippen LogP contribution in [0.2, 0.25) is 0 Å². The molecule has 24 heavy (non-hydrogen) atoms. The first-order valence-electron chi connectivity index (χ1n) is 7.44. The SMILES string of the molecule is CC(SCc1ccccc1)C(=O)N1C[C@@H](C(F)(F)F)[C@H](C(=O)O)C1. The number of nitrogens with zero attached hydrogens (tertiary/aromatic N) is 1. The Labute approximate surface area is 142 Å². The van der Waals surface area contributed by atoms with Gasteiger partial charge in [0.1, 0.15) is 0 Å². The zero-order valence-electron chi connectivity index (χ0n) is 13.0. The van der Waals surface area contributed by atoms with Crippen molar-refractivity contribution in [3.05, 3.63) is 35.9 Å². The zero-order valence-corrected chi connectivity index (χ0v) is 13.8. The molecule has 0 spiro atoms. The van der Waals surface area contributed by atoms with Crippen molar-refractivity contribution in [1.29, 1.82) is 0 Å². The van der Waals surface area contributed by atoms with Crippen LogP contribution in [-0.4, -0.2) is 46.4 Å². The van der Waals surface area contributed by atoms with Gasteiger partial charge in [0.05, 0.1) is 17.1 Å². The molecule has 1 unspecified atom stereocenters. The van der Waals surface area contributed by atoms with Crippen LogP contribution in [0.4, 0.5) is 13.2 Å². The van der Waals surface area contributed by atoms with Gasteiger partial charge in [0.15, 0.2) is 0 Å². The molecule has 1 heterocycles. The molecule has 1 aliphatic rings. The van der Waals surface area contributed by atoms with E-state index < -0.39 is 48.2 Å². The van der Waals surface area contributed by atoms with E-state index in [0.29, 0.717) is 5.75 Å². The third-order valence-electron chi connectivity index (χ3n) is 4.06. The second-order valence-electron chi connectivity index (χ2n) is 5.77. The van der Waals surface area contributed by atoms with E-state index in [0.717, 1.165) is 10.5 Å². The van der Waals surface area contributed by atoms with Crippen molar-refractivity contribution >= 4 is 23.6 Å². The summed E-state index contributed by atoms with van der Waals surface area (Å²) in [5.74, 6) is -5.01. The van der Waals surface area contributed by atoms with Crippen LogP contribution in [0.15, 0.2) is 30.3 Å². The Balaban J connectivity index is 1.97. The molecule has 3 atom stereocenters. The van der Waals surface area contributed by atoms with Gasteiger partial charge in [-0.2, -0.15) is 13.2 Å². The molecule has 1 aromatic rings. The summed E-state index contributed by atoms with van der Waals surface area (Å²) in [4.78, 5) is 24.4. The van der Waals surface area contributed by atoms with Crippen molar-refractivity contribution in [3.63, 3.8) is 0 Å². The van der Waals surface area contributed by atoms with Gasteiger partial charge in [-0.15, -0.1) is 11.8 Å². The zero-order chi connectivity index (χ0) is 17.9. The standard InChI is InChI=1S/C16H18F3NO3S/c1-10(24-9-11-5-3-2-4-6-11)14(21)20-7-12(15(22)23)13(8-20)16(17,18)19/h2-6,10,12-13H,7-9H2,1H3,(H,22,23)/t10?,12-,13-/m1/s1. The van der Waals surface area contributed by atoms with Crippen molar-refractivity contribution in [2.75, 3.05) is 13.1 Å². The Kier molecular flexibility index (Phi) is 5.79. The Morgan fingerprint density at radius 1 is 1.29 bits per heavy atom. The second kappa shape index (κ2) is 7.46. The largest absolute Gasteiger partial charge is 0.481 e. The smallest absolute Gasteiger partial charge is 0.394 e. The number of halogens is 3. The highest BCUT2D eigenvalue weighted by molar-refractivity contribution is 7.99. The number of carboxylic acid groups (broad SMARTS) is 1. The number of hydrogen-bond donors (Lipinski definition) is 1. The van der Waals surface area contributed by atoms with Gasteiger partial charge in [-0.3, -0.25) is 9.59 Å². The van der Waals surface area contributed by atoms with Crippen LogP contribution < -0.4 is 0 Å². The topological polar surface area (TPSA) is 57.6 Å². The van der Waals surface area contributed by atoms with Crippen molar-refractivity contribution in [3.8, 4) is 0 Å². The van der Waals surface area contributed by atoms with Crippen LogP contribution in [0, 0.1) is 11.8 Å². The molecule has 0 saturated carbocycles.